The van der Waals surface area contributed by atoms with Crippen LogP contribution in [0.5, 0.6) is 0 Å². The predicted molar refractivity (Wildman–Crippen MR) is 116 cm³/mol. The van der Waals surface area contributed by atoms with E-state index in [9.17, 15) is 0 Å². The van der Waals surface area contributed by atoms with E-state index in [1.54, 1.807) is 0 Å². The van der Waals surface area contributed by atoms with Crippen LogP contribution < -0.4 is 0 Å². The van der Waals surface area contributed by atoms with Gasteiger partial charge >= 0.3 is 0 Å². The maximum absolute atomic E-state index is 3.63. The SMILES string of the molecule is CC1=Cc2c(cc3cc(Br)ccc3c2C)C1CC1C=Cc2ccccc21. The van der Waals surface area contributed by atoms with Crippen LogP contribution in [0.15, 0.2) is 64.7 Å². The number of hydrogen-bond donors (Lipinski definition) is 0. The Morgan fingerprint density at radius 3 is 2.69 bits per heavy atom. The van der Waals surface area contributed by atoms with Crippen molar-refractivity contribution in [3.05, 3.63) is 92.5 Å². The van der Waals surface area contributed by atoms with E-state index in [1.165, 1.54) is 44.2 Å². The number of halogens is 1. The van der Waals surface area contributed by atoms with Crippen LogP contribution in [0.25, 0.3) is 22.9 Å². The van der Waals surface area contributed by atoms with Crippen LogP contribution in [0.3, 0.4) is 0 Å². The van der Waals surface area contributed by atoms with E-state index in [2.05, 4.69) is 96.5 Å². The van der Waals surface area contributed by atoms with Gasteiger partial charge in [-0.15, -0.1) is 0 Å². The zero-order valence-corrected chi connectivity index (χ0v) is 16.7. The summed E-state index contributed by atoms with van der Waals surface area (Å²) >= 11 is 3.63. The molecule has 0 heterocycles. The zero-order chi connectivity index (χ0) is 17.8. The largest absolute Gasteiger partial charge is 0.0763 e. The van der Waals surface area contributed by atoms with Crippen LogP contribution in [-0.2, 0) is 0 Å². The van der Waals surface area contributed by atoms with E-state index >= 15 is 0 Å². The summed E-state index contributed by atoms with van der Waals surface area (Å²) in [5, 5.41) is 2.70. The second kappa shape index (κ2) is 5.96. The van der Waals surface area contributed by atoms with Crippen molar-refractivity contribution in [2.24, 2.45) is 0 Å². The molecule has 0 fully saturated rings. The molecule has 0 aliphatic heterocycles. The third-order valence-corrected chi connectivity index (χ3v) is 6.63. The molecule has 128 valence electrons. The fourth-order valence-corrected chi connectivity index (χ4v) is 5.13. The third kappa shape index (κ3) is 2.41. The minimum atomic E-state index is 0.507. The second-order valence-corrected chi connectivity index (χ2v) is 8.56. The Hall–Kier alpha value is -2.12. The van der Waals surface area contributed by atoms with E-state index < -0.39 is 0 Å². The van der Waals surface area contributed by atoms with Crippen molar-refractivity contribution in [2.45, 2.75) is 32.1 Å². The molecule has 2 aliphatic rings. The zero-order valence-electron chi connectivity index (χ0n) is 15.1. The van der Waals surface area contributed by atoms with Gasteiger partial charge in [-0.05, 0) is 77.1 Å². The molecule has 3 aromatic carbocycles. The van der Waals surface area contributed by atoms with Gasteiger partial charge in [0.15, 0.2) is 0 Å². The summed E-state index contributed by atoms with van der Waals surface area (Å²) < 4.78 is 1.15. The van der Waals surface area contributed by atoms with Crippen molar-refractivity contribution in [3.8, 4) is 0 Å². The van der Waals surface area contributed by atoms with Crippen molar-refractivity contribution in [2.75, 3.05) is 0 Å². The molecular formula is C25H21Br. The Labute approximate surface area is 163 Å². The molecule has 0 saturated carbocycles. The van der Waals surface area contributed by atoms with Crippen molar-refractivity contribution in [1.29, 1.82) is 0 Å². The Bertz CT molecular complexity index is 1100. The summed E-state index contributed by atoms with van der Waals surface area (Å²) in [4.78, 5) is 0. The van der Waals surface area contributed by atoms with Gasteiger partial charge in [-0.3, -0.25) is 0 Å². The van der Waals surface area contributed by atoms with Gasteiger partial charge < -0.3 is 0 Å². The van der Waals surface area contributed by atoms with Crippen LogP contribution in [0.1, 0.15) is 53.0 Å². The molecule has 2 aliphatic carbocycles. The van der Waals surface area contributed by atoms with Crippen molar-refractivity contribution in [3.63, 3.8) is 0 Å². The minimum Gasteiger partial charge on any atom is -0.0763 e. The fraction of sp³-hybridized carbons (Fsp3) is 0.200. The molecule has 2 unspecified atom stereocenters. The maximum Gasteiger partial charge on any atom is 0.0181 e. The molecule has 0 amide bonds. The third-order valence-electron chi connectivity index (χ3n) is 6.13. The van der Waals surface area contributed by atoms with Gasteiger partial charge in [-0.1, -0.05) is 70.1 Å². The molecular weight excluding hydrogens is 380 g/mol. The van der Waals surface area contributed by atoms with Gasteiger partial charge in [0.25, 0.3) is 0 Å². The first-order chi connectivity index (χ1) is 12.6. The first-order valence-corrected chi connectivity index (χ1v) is 10.1. The van der Waals surface area contributed by atoms with Gasteiger partial charge in [0.05, 0.1) is 0 Å². The van der Waals surface area contributed by atoms with Crippen molar-refractivity contribution < 1.29 is 0 Å². The van der Waals surface area contributed by atoms with Crippen LogP contribution in [0.4, 0.5) is 0 Å². The Morgan fingerprint density at radius 1 is 0.962 bits per heavy atom. The predicted octanol–water partition coefficient (Wildman–Crippen LogP) is 7.61. The lowest BCUT2D eigenvalue weighted by Crippen LogP contribution is -2.04. The van der Waals surface area contributed by atoms with E-state index in [-0.39, 0.29) is 0 Å². The summed E-state index contributed by atoms with van der Waals surface area (Å²) in [7, 11) is 0. The lowest BCUT2D eigenvalue weighted by molar-refractivity contribution is 0.663. The summed E-state index contributed by atoms with van der Waals surface area (Å²) in [6.45, 7) is 4.57. The van der Waals surface area contributed by atoms with E-state index in [4.69, 9.17) is 0 Å². The summed E-state index contributed by atoms with van der Waals surface area (Å²) in [6.07, 6.45) is 8.25. The summed E-state index contributed by atoms with van der Waals surface area (Å²) in [5.41, 5.74) is 8.72. The van der Waals surface area contributed by atoms with Gasteiger partial charge in [0.2, 0.25) is 0 Å². The molecule has 0 spiro atoms. The highest BCUT2D eigenvalue weighted by Crippen LogP contribution is 2.47. The average Bonchev–Trinajstić information content (AvgIpc) is 3.18. The molecule has 0 N–H and O–H groups in total. The first-order valence-electron chi connectivity index (χ1n) is 9.30. The Balaban J connectivity index is 1.58. The molecule has 26 heavy (non-hydrogen) atoms. The second-order valence-electron chi connectivity index (χ2n) is 7.64. The molecule has 1 heteroatoms. The molecule has 0 aromatic heterocycles. The smallest absolute Gasteiger partial charge is 0.0181 e. The lowest BCUT2D eigenvalue weighted by Gasteiger charge is -2.20. The number of rotatable bonds is 2. The molecule has 3 aromatic rings. The number of benzene rings is 3. The van der Waals surface area contributed by atoms with Gasteiger partial charge in [0, 0.05) is 16.3 Å². The number of hydrogen-bond acceptors (Lipinski definition) is 0. The van der Waals surface area contributed by atoms with Crippen LogP contribution in [-0.4, -0.2) is 0 Å². The highest BCUT2D eigenvalue weighted by Gasteiger charge is 2.29. The lowest BCUT2D eigenvalue weighted by atomic mass is 9.83. The highest BCUT2D eigenvalue weighted by molar-refractivity contribution is 9.10. The quantitative estimate of drug-likeness (QED) is 0.414. The van der Waals surface area contributed by atoms with Crippen LogP contribution >= 0.6 is 15.9 Å². The average molecular weight is 401 g/mol. The monoisotopic (exact) mass is 400 g/mol. The number of fused-ring (bicyclic) bond motifs is 3. The Morgan fingerprint density at radius 2 is 1.81 bits per heavy atom. The summed E-state index contributed by atoms with van der Waals surface area (Å²) in [6, 6.07) is 17.9. The first kappa shape index (κ1) is 16.1. The minimum absolute atomic E-state index is 0.507. The topological polar surface area (TPSA) is 0 Å². The number of allylic oxidation sites excluding steroid dienone is 2. The van der Waals surface area contributed by atoms with Gasteiger partial charge in [-0.25, -0.2) is 0 Å². The molecule has 0 radical (unpaired) electrons. The standard InChI is InChI=1S/C25H21Br/c1-15-11-24-16(2)21-10-9-20(26)12-19(21)14-25(24)23(15)13-18-8-7-17-5-3-4-6-22(17)18/h3-12,14,18,23H,13H2,1-2H3. The normalized spacial score (nSPS) is 20.3. The van der Waals surface area contributed by atoms with Crippen LogP contribution in [0.2, 0.25) is 0 Å². The molecule has 5 rings (SSSR count). The molecule has 0 saturated heterocycles. The summed E-state index contributed by atoms with van der Waals surface area (Å²) in [5.74, 6) is 1.02. The van der Waals surface area contributed by atoms with E-state index in [0.29, 0.717) is 11.8 Å². The highest BCUT2D eigenvalue weighted by atomic mass is 79.9. The van der Waals surface area contributed by atoms with E-state index in [1.807, 2.05) is 0 Å². The van der Waals surface area contributed by atoms with Crippen molar-refractivity contribution >= 4 is 38.9 Å². The molecule has 0 bridgehead atoms. The van der Waals surface area contributed by atoms with E-state index in [0.717, 1.165) is 10.9 Å². The number of aryl methyl sites for hydroxylation is 1. The maximum atomic E-state index is 3.63. The molecule has 0 nitrogen and oxygen atoms in total. The van der Waals surface area contributed by atoms with Gasteiger partial charge in [-0.2, -0.15) is 0 Å². The fourth-order valence-electron chi connectivity index (χ4n) is 4.75. The molecule has 2 atom stereocenters. The van der Waals surface area contributed by atoms with Crippen LogP contribution in [0, 0.1) is 6.92 Å². The Kier molecular flexibility index (Phi) is 3.68. The van der Waals surface area contributed by atoms with Gasteiger partial charge in [0.1, 0.15) is 0 Å². The van der Waals surface area contributed by atoms with Crippen molar-refractivity contribution in [1.82, 2.24) is 0 Å².